The lowest BCUT2D eigenvalue weighted by Gasteiger charge is -2.54. The minimum Gasteiger partial charge on any atom is -0.383 e. The molecule has 0 aliphatic heterocycles. The Kier molecular flexibility index (Phi) is 2.61. The topological polar surface area (TPSA) is 54.7 Å². The van der Waals surface area contributed by atoms with Crippen LogP contribution in [-0.4, -0.2) is 16.0 Å². The zero-order chi connectivity index (χ0) is 12.1. The van der Waals surface area contributed by atoms with Crippen molar-refractivity contribution in [2.45, 2.75) is 37.0 Å². The quantitative estimate of drug-likeness (QED) is 0.824. The molecule has 4 bridgehead atoms. The Bertz CT molecular complexity index is 414. The van der Waals surface area contributed by atoms with Crippen molar-refractivity contribution in [2.24, 2.45) is 29.6 Å². The minimum atomic E-state index is 0.740. The van der Waals surface area contributed by atoms with Crippen LogP contribution in [0.3, 0.4) is 0 Å². The SMILES string of the molecule is Nc1[nH]ncc1SCC1C2CC3CC(C2)CC1C3. The van der Waals surface area contributed by atoms with E-state index >= 15 is 0 Å². The molecule has 0 spiro atoms. The molecule has 4 saturated carbocycles. The van der Waals surface area contributed by atoms with Crippen LogP contribution >= 0.6 is 11.8 Å². The highest BCUT2D eigenvalue weighted by Gasteiger charge is 2.47. The van der Waals surface area contributed by atoms with Crippen molar-refractivity contribution >= 4 is 17.6 Å². The van der Waals surface area contributed by atoms with Crippen LogP contribution in [0.1, 0.15) is 32.1 Å². The highest BCUT2D eigenvalue weighted by atomic mass is 32.2. The Morgan fingerprint density at radius 3 is 2.39 bits per heavy atom. The van der Waals surface area contributed by atoms with E-state index < -0.39 is 0 Å². The van der Waals surface area contributed by atoms with Crippen molar-refractivity contribution in [3.8, 4) is 0 Å². The van der Waals surface area contributed by atoms with Crippen molar-refractivity contribution in [3.05, 3.63) is 6.20 Å². The lowest BCUT2D eigenvalue weighted by molar-refractivity contribution is -0.0261. The highest BCUT2D eigenvalue weighted by Crippen LogP contribution is 2.57. The summed E-state index contributed by atoms with van der Waals surface area (Å²) >= 11 is 1.91. The number of aromatic nitrogens is 2. The largest absolute Gasteiger partial charge is 0.383 e. The van der Waals surface area contributed by atoms with Gasteiger partial charge in [0.05, 0.1) is 11.1 Å². The maximum absolute atomic E-state index is 5.86. The van der Waals surface area contributed by atoms with Crippen molar-refractivity contribution < 1.29 is 0 Å². The van der Waals surface area contributed by atoms with Crippen molar-refractivity contribution in [3.63, 3.8) is 0 Å². The molecule has 0 amide bonds. The summed E-state index contributed by atoms with van der Waals surface area (Å²) < 4.78 is 0. The first-order chi connectivity index (χ1) is 8.79. The molecule has 0 saturated heterocycles. The molecule has 1 heterocycles. The first-order valence-corrected chi connectivity index (χ1v) is 8.19. The van der Waals surface area contributed by atoms with Gasteiger partial charge in [-0.3, -0.25) is 5.10 Å². The Labute approximate surface area is 112 Å². The number of anilines is 1. The minimum absolute atomic E-state index is 0.740. The fourth-order valence-electron chi connectivity index (χ4n) is 4.90. The monoisotopic (exact) mass is 263 g/mol. The molecule has 5 rings (SSSR count). The molecule has 98 valence electrons. The van der Waals surface area contributed by atoms with Crippen LogP contribution in [0, 0.1) is 29.6 Å². The van der Waals surface area contributed by atoms with Crippen LogP contribution < -0.4 is 5.73 Å². The predicted molar refractivity (Wildman–Crippen MR) is 74.3 cm³/mol. The zero-order valence-corrected chi connectivity index (χ0v) is 11.5. The molecule has 0 radical (unpaired) electrons. The lowest BCUT2D eigenvalue weighted by Crippen LogP contribution is -2.45. The van der Waals surface area contributed by atoms with Crippen LogP contribution in [0.25, 0.3) is 0 Å². The first kappa shape index (κ1) is 11.2. The van der Waals surface area contributed by atoms with Gasteiger partial charge < -0.3 is 5.73 Å². The number of nitrogens with one attached hydrogen (secondary N) is 1. The van der Waals surface area contributed by atoms with Gasteiger partial charge in [-0.2, -0.15) is 5.10 Å². The average Bonchev–Trinajstić information content (AvgIpc) is 2.73. The summed E-state index contributed by atoms with van der Waals surface area (Å²) in [7, 11) is 0. The molecule has 0 atom stereocenters. The molecule has 3 nitrogen and oxygen atoms in total. The van der Waals surface area contributed by atoms with E-state index in [2.05, 4.69) is 10.2 Å². The summed E-state index contributed by atoms with van der Waals surface area (Å²) in [6.45, 7) is 0. The Morgan fingerprint density at radius 2 is 1.83 bits per heavy atom. The van der Waals surface area contributed by atoms with Gasteiger partial charge in [0.2, 0.25) is 0 Å². The van der Waals surface area contributed by atoms with Gasteiger partial charge in [0, 0.05) is 5.75 Å². The second kappa shape index (κ2) is 4.19. The van der Waals surface area contributed by atoms with Gasteiger partial charge in [-0.05, 0) is 61.7 Å². The molecule has 18 heavy (non-hydrogen) atoms. The third-order valence-electron chi connectivity index (χ3n) is 5.49. The van der Waals surface area contributed by atoms with Gasteiger partial charge in [0.1, 0.15) is 5.82 Å². The summed E-state index contributed by atoms with van der Waals surface area (Å²) in [5.74, 6) is 7.11. The first-order valence-electron chi connectivity index (χ1n) is 7.21. The van der Waals surface area contributed by atoms with E-state index in [1.807, 2.05) is 18.0 Å². The maximum atomic E-state index is 5.86. The number of nitrogen functional groups attached to an aromatic ring is 1. The Balaban J connectivity index is 1.45. The second-order valence-corrected chi connectivity index (χ2v) is 7.62. The van der Waals surface area contributed by atoms with E-state index in [0.29, 0.717) is 0 Å². The molecule has 0 unspecified atom stereocenters. The van der Waals surface area contributed by atoms with Gasteiger partial charge in [-0.15, -0.1) is 11.8 Å². The standard InChI is InChI=1S/C14H21N3S/c15-14-13(6-16-17-14)18-7-12-10-2-8-1-9(4-10)5-11(12)3-8/h6,8-12H,1-5,7H2,(H3,15,16,17). The molecule has 1 aromatic rings. The number of rotatable bonds is 3. The number of hydrogen-bond donors (Lipinski definition) is 2. The van der Waals surface area contributed by atoms with Crippen LogP contribution in [0.4, 0.5) is 5.82 Å². The van der Waals surface area contributed by atoms with Crippen LogP contribution in [0.2, 0.25) is 0 Å². The molecule has 4 fully saturated rings. The molecule has 4 heteroatoms. The summed E-state index contributed by atoms with van der Waals surface area (Å²) in [6, 6.07) is 0. The maximum Gasteiger partial charge on any atom is 0.132 e. The van der Waals surface area contributed by atoms with Gasteiger partial charge >= 0.3 is 0 Å². The Hall–Kier alpha value is -0.640. The van der Waals surface area contributed by atoms with E-state index in [0.717, 1.165) is 40.3 Å². The molecular weight excluding hydrogens is 242 g/mol. The third-order valence-corrected chi connectivity index (χ3v) is 6.67. The normalized spacial score (nSPS) is 41.4. The molecule has 1 aromatic heterocycles. The number of hydrogen-bond acceptors (Lipinski definition) is 3. The number of nitrogens with two attached hydrogens (primary N) is 1. The van der Waals surface area contributed by atoms with Crippen LogP contribution in [0.15, 0.2) is 11.1 Å². The van der Waals surface area contributed by atoms with E-state index in [1.54, 1.807) is 6.42 Å². The number of H-pyrrole nitrogens is 1. The van der Waals surface area contributed by atoms with Crippen molar-refractivity contribution in [1.82, 2.24) is 10.2 Å². The van der Waals surface area contributed by atoms with Gasteiger partial charge in [-0.25, -0.2) is 0 Å². The van der Waals surface area contributed by atoms with Crippen LogP contribution in [0.5, 0.6) is 0 Å². The van der Waals surface area contributed by atoms with E-state index in [1.165, 1.54) is 31.4 Å². The summed E-state index contributed by atoms with van der Waals surface area (Å²) in [5.41, 5.74) is 5.86. The fraction of sp³-hybridized carbons (Fsp3) is 0.786. The summed E-state index contributed by atoms with van der Waals surface area (Å²) in [6.07, 6.45) is 9.47. The molecule has 0 aromatic carbocycles. The number of thioether (sulfide) groups is 1. The van der Waals surface area contributed by atoms with E-state index in [4.69, 9.17) is 5.73 Å². The average molecular weight is 263 g/mol. The van der Waals surface area contributed by atoms with E-state index in [9.17, 15) is 0 Å². The van der Waals surface area contributed by atoms with E-state index in [-0.39, 0.29) is 0 Å². The van der Waals surface area contributed by atoms with Crippen molar-refractivity contribution in [2.75, 3.05) is 11.5 Å². The molecular formula is C14H21N3S. The fourth-order valence-corrected chi connectivity index (χ4v) is 6.14. The Morgan fingerprint density at radius 1 is 1.17 bits per heavy atom. The second-order valence-electron chi connectivity index (χ2n) is 6.55. The predicted octanol–water partition coefficient (Wildman–Crippen LogP) is 3.16. The lowest BCUT2D eigenvalue weighted by atomic mass is 9.52. The zero-order valence-electron chi connectivity index (χ0n) is 10.6. The number of nitrogens with zero attached hydrogens (tertiary/aromatic N) is 1. The third kappa shape index (κ3) is 1.77. The summed E-state index contributed by atoms with van der Waals surface area (Å²) in [4.78, 5) is 1.14. The highest BCUT2D eigenvalue weighted by molar-refractivity contribution is 7.99. The van der Waals surface area contributed by atoms with Crippen LogP contribution in [-0.2, 0) is 0 Å². The molecule has 4 aliphatic carbocycles. The smallest absolute Gasteiger partial charge is 0.132 e. The van der Waals surface area contributed by atoms with Gasteiger partial charge in [0.25, 0.3) is 0 Å². The van der Waals surface area contributed by atoms with Crippen molar-refractivity contribution in [1.29, 1.82) is 0 Å². The number of aromatic amines is 1. The van der Waals surface area contributed by atoms with Gasteiger partial charge in [-0.1, -0.05) is 0 Å². The molecule has 4 aliphatic rings. The van der Waals surface area contributed by atoms with Gasteiger partial charge in [0.15, 0.2) is 0 Å². The summed E-state index contributed by atoms with van der Waals surface area (Å²) in [5, 5.41) is 6.83. The molecule has 3 N–H and O–H groups in total.